The van der Waals surface area contributed by atoms with Crippen molar-refractivity contribution in [3.63, 3.8) is 0 Å². The molecule has 26 heavy (non-hydrogen) atoms. The Morgan fingerprint density at radius 1 is 0.885 bits per heavy atom. The quantitative estimate of drug-likeness (QED) is 0.803. The average molecular weight is 351 g/mol. The molecule has 1 N–H and O–H groups in total. The number of fused-ring (bicyclic) bond motifs is 2. The Balaban J connectivity index is 1.23. The second-order valence-corrected chi connectivity index (χ2v) is 8.16. The van der Waals surface area contributed by atoms with Crippen LogP contribution in [-0.2, 0) is 9.59 Å². The standard InChI is InChI=1S/C21H25N3O2/c25-20(21(26)24-12-15-4-5-16(15)13-24)23-10-7-14(8-11-23)17-2-1-3-19-18(17)6-9-22-19/h1-3,6,9,14-16,22H,4-5,7-8,10-13H2/t15-,16+. The number of nitrogens with zero attached hydrogens (tertiary/aromatic N) is 2. The van der Waals surface area contributed by atoms with Gasteiger partial charge in [0.15, 0.2) is 0 Å². The Hall–Kier alpha value is -2.30. The monoisotopic (exact) mass is 351 g/mol. The van der Waals surface area contributed by atoms with Crippen LogP contribution in [0.2, 0.25) is 0 Å². The van der Waals surface area contributed by atoms with Gasteiger partial charge in [0.05, 0.1) is 0 Å². The van der Waals surface area contributed by atoms with Crippen molar-refractivity contribution in [2.45, 2.75) is 31.6 Å². The predicted octanol–water partition coefficient (Wildman–Crippen LogP) is 2.74. The van der Waals surface area contributed by atoms with Crippen molar-refractivity contribution in [2.75, 3.05) is 26.2 Å². The lowest BCUT2D eigenvalue weighted by Crippen LogP contribution is -2.47. The Morgan fingerprint density at radius 3 is 2.27 bits per heavy atom. The highest BCUT2D eigenvalue weighted by Crippen LogP contribution is 2.40. The molecule has 2 atom stereocenters. The number of piperidine rings is 1. The molecule has 136 valence electrons. The second-order valence-electron chi connectivity index (χ2n) is 8.16. The number of aromatic amines is 1. The number of aromatic nitrogens is 1. The molecule has 5 nitrogen and oxygen atoms in total. The third-order valence-corrected chi connectivity index (χ3v) is 6.81. The molecule has 0 radical (unpaired) electrons. The molecular formula is C21H25N3O2. The van der Waals surface area contributed by atoms with Gasteiger partial charge < -0.3 is 14.8 Å². The third-order valence-electron chi connectivity index (χ3n) is 6.81. The highest BCUT2D eigenvalue weighted by molar-refractivity contribution is 6.35. The molecule has 1 aromatic carbocycles. The highest BCUT2D eigenvalue weighted by atomic mass is 16.2. The number of hydrogen-bond donors (Lipinski definition) is 1. The summed E-state index contributed by atoms with van der Waals surface area (Å²) in [6.45, 7) is 2.94. The minimum Gasteiger partial charge on any atom is -0.361 e. The first kappa shape index (κ1) is 15.9. The molecule has 2 saturated heterocycles. The topological polar surface area (TPSA) is 56.4 Å². The van der Waals surface area contributed by atoms with Crippen LogP contribution < -0.4 is 0 Å². The normalized spacial score (nSPS) is 26.0. The van der Waals surface area contributed by atoms with Crippen LogP contribution in [0.15, 0.2) is 30.5 Å². The van der Waals surface area contributed by atoms with Gasteiger partial charge in [0.25, 0.3) is 0 Å². The molecule has 3 aliphatic rings. The van der Waals surface area contributed by atoms with Crippen molar-refractivity contribution in [3.05, 3.63) is 36.0 Å². The van der Waals surface area contributed by atoms with Gasteiger partial charge in [-0.05, 0) is 61.1 Å². The van der Waals surface area contributed by atoms with Crippen LogP contribution in [0.3, 0.4) is 0 Å². The van der Waals surface area contributed by atoms with Gasteiger partial charge in [0, 0.05) is 43.3 Å². The molecule has 3 heterocycles. The number of carbonyl (C=O) groups excluding carboxylic acids is 2. The zero-order chi connectivity index (χ0) is 17.7. The van der Waals surface area contributed by atoms with Gasteiger partial charge in [-0.2, -0.15) is 0 Å². The van der Waals surface area contributed by atoms with E-state index in [2.05, 4.69) is 29.2 Å². The molecule has 5 heteroatoms. The summed E-state index contributed by atoms with van der Waals surface area (Å²) < 4.78 is 0. The number of nitrogens with one attached hydrogen (secondary N) is 1. The summed E-state index contributed by atoms with van der Waals surface area (Å²) >= 11 is 0. The summed E-state index contributed by atoms with van der Waals surface area (Å²) in [7, 11) is 0. The van der Waals surface area contributed by atoms with Crippen molar-refractivity contribution >= 4 is 22.7 Å². The van der Waals surface area contributed by atoms with E-state index < -0.39 is 0 Å². The van der Waals surface area contributed by atoms with Crippen LogP contribution in [0.5, 0.6) is 0 Å². The highest BCUT2D eigenvalue weighted by Gasteiger charge is 2.43. The van der Waals surface area contributed by atoms with Gasteiger partial charge in [0.1, 0.15) is 0 Å². The third kappa shape index (κ3) is 2.52. The van der Waals surface area contributed by atoms with Gasteiger partial charge >= 0.3 is 11.8 Å². The van der Waals surface area contributed by atoms with Crippen LogP contribution in [-0.4, -0.2) is 52.8 Å². The van der Waals surface area contributed by atoms with Crippen molar-refractivity contribution < 1.29 is 9.59 Å². The fraction of sp³-hybridized carbons (Fsp3) is 0.524. The number of H-pyrrole nitrogens is 1. The molecule has 3 fully saturated rings. The molecule has 1 saturated carbocycles. The number of amides is 2. The predicted molar refractivity (Wildman–Crippen MR) is 99.6 cm³/mol. The van der Waals surface area contributed by atoms with Crippen LogP contribution in [0.1, 0.15) is 37.2 Å². The summed E-state index contributed by atoms with van der Waals surface area (Å²) in [5.74, 6) is 1.20. The van der Waals surface area contributed by atoms with E-state index in [1.54, 1.807) is 9.80 Å². The van der Waals surface area contributed by atoms with E-state index in [1.807, 2.05) is 6.20 Å². The fourth-order valence-electron chi connectivity index (χ4n) is 5.06. The first-order valence-corrected chi connectivity index (χ1v) is 9.85. The van der Waals surface area contributed by atoms with Crippen LogP contribution in [0.25, 0.3) is 10.9 Å². The summed E-state index contributed by atoms with van der Waals surface area (Å²) in [6.07, 6.45) is 6.27. The number of benzene rings is 1. The maximum Gasteiger partial charge on any atom is 0.312 e. The van der Waals surface area contributed by atoms with Crippen molar-refractivity contribution in [1.82, 2.24) is 14.8 Å². The smallest absolute Gasteiger partial charge is 0.312 e. The van der Waals surface area contributed by atoms with Gasteiger partial charge in [-0.25, -0.2) is 0 Å². The number of likely N-dealkylation sites (tertiary alicyclic amines) is 2. The first-order valence-electron chi connectivity index (χ1n) is 9.85. The maximum atomic E-state index is 12.7. The van der Waals surface area contributed by atoms with E-state index in [-0.39, 0.29) is 11.8 Å². The lowest BCUT2D eigenvalue weighted by atomic mass is 9.77. The van der Waals surface area contributed by atoms with Crippen LogP contribution in [0, 0.1) is 11.8 Å². The fourth-order valence-corrected chi connectivity index (χ4v) is 5.06. The van der Waals surface area contributed by atoms with E-state index in [1.165, 1.54) is 29.3 Å². The number of rotatable bonds is 1. The molecule has 0 unspecified atom stereocenters. The van der Waals surface area contributed by atoms with E-state index in [4.69, 9.17) is 0 Å². The summed E-state index contributed by atoms with van der Waals surface area (Å²) in [5, 5.41) is 1.28. The van der Waals surface area contributed by atoms with Gasteiger partial charge in [0.2, 0.25) is 0 Å². The van der Waals surface area contributed by atoms with Gasteiger partial charge in [-0.3, -0.25) is 9.59 Å². The minimum atomic E-state index is -0.287. The first-order chi connectivity index (χ1) is 12.7. The number of hydrogen-bond acceptors (Lipinski definition) is 2. The zero-order valence-corrected chi connectivity index (χ0v) is 15.0. The maximum absolute atomic E-state index is 12.7. The zero-order valence-electron chi connectivity index (χ0n) is 15.0. The molecule has 1 aliphatic carbocycles. The lowest BCUT2D eigenvalue weighted by molar-refractivity contribution is -0.151. The number of carbonyl (C=O) groups is 2. The molecule has 2 aromatic rings. The molecular weight excluding hydrogens is 326 g/mol. The van der Waals surface area contributed by atoms with Crippen molar-refractivity contribution in [2.24, 2.45) is 11.8 Å². The SMILES string of the molecule is O=C(C(=O)N1C[C@H]2CC[C@H]2C1)N1CCC(c2cccc3[nH]ccc23)CC1. The molecule has 0 bridgehead atoms. The van der Waals surface area contributed by atoms with E-state index in [0.717, 1.165) is 25.9 Å². The van der Waals surface area contributed by atoms with E-state index in [9.17, 15) is 9.59 Å². The molecule has 5 rings (SSSR count). The van der Waals surface area contributed by atoms with Gasteiger partial charge in [-0.1, -0.05) is 12.1 Å². The Labute approximate surface area is 153 Å². The summed E-state index contributed by atoms with van der Waals surface area (Å²) in [6, 6.07) is 8.52. The minimum absolute atomic E-state index is 0.273. The van der Waals surface area contributed by atoms with Crippen molar-refractivity contribution in [3.8, 4) is 0 Å². The van der Waals surface area contributed by atoms with Crippen LogP contribution in [0.4, 0.5) is 0 Å². The van der Waals surface area contributed by atoms with Gasteiger partial charge in [-0.15, -0.1) is 0 Å². The van der Waals surface area contributed by atoms with E-state index in [0.29, 0.717) is 30.8 Å². The Morgan fingerprint density at radius 2 is 1.58 bits per heavy atom. The van der Waals surface area contributed by atoms with E-state index >= 15 is 0 Å². The second kappa shape index (κ2) is 6.15. The molecule has 2 amide bonds. The lowest BCUT2D eigenvalue weighted by Gasteiger charge is -2.33. The van der Waals surface area contributed by atoms with Crippen molar-refractivity contribution in [1.29, 1.82) is 0 Å². The summed E-state index contributed by atoms with van der Waals surface area (Å²) in [5.41, 5.74) is 2.53. The Kier molecular flexibility index (Phi) is 3.76. The average Bonchev–Trinajstić information content (AvgIpc) is 3.25. The largest absolute Gasteiger partial charge is 0.361 e. The molecule has 1 aromatic heterocycles. The molecule has 2 aliphatic heterocycles. The Bertz CT molecular complexity index is 838. The molecule has 0 spiro atoms. The van der Waals surface area contributed by atoms with Crippen LogP contribution >= 0.6 is 0 Å². The summed E-state index contributed by atoms with van der Waals surface area (Å²) in [4.78, 5) is 32.1.